The first kappa shape index (κ1) is 17.6. The summed E-state index contributed by atoms with van der Waals surface area (Å²) in [5.41, 5.74) is 2.54. The van der Waals surface area contributed by atoms with Gasteiger partial charge >= 0.3 is 0 Å². The van der Waals surface area contributed by atoms with E-state index < -0.39 is 0 Å². The minimum absolute atomic E-state index is 0.127. The van der Waals surface area contributed by atoms with Gasteiger partial charge in [-0.15, -0.1) is 0 Å². The highest BCUT2D eigenvalue weighted by molar-refractivity contribution is 6.33. The molecular weight excluding hydrogens is 360 g/mol. The Morgan fingerprint density at radius 2 is 1.74 bits per heavy atom. The standard InChI is InChI=1S/C21H21ClN4O/c22-17-12-16(27)10-11-18(17)24-20-13-19(14-6-2-1-3-7-14)25-21(26-20)23-15-8-4-5-9-15/h1-3,6-7,10-13,15,27H,4-5,8-9H2,(H2,23,24,25,26). The van der Waals surface area contributed by atoms with Gasteiger partial charge < -0.3 is 15.7 Å². The summed E-state index contributed by atoms with van der Waals surface area (Å²) < 4.78 is 0. The van der Waals surface area contributed by atoms with E-state index in [0.29, 0.717) is 28.5 Å². The molecule has 1 aliphatic carbocycles. The predicted octanol–water partition coefficient (Wildman–Crippen LogP) is 5.60. The highest BCUT2D eigenvalue weighted by Gasteiger charge is 2.17. The van der Waals surface area contributed by atoms with Crippen molar-refractivity contribution in [2.45, 2.75) is 31.7 Å². The van der Waals surface area contributed by atoms with Crippen molar-refractivity contribution in [3.63, 3.8) is 0 Å². The second-order valence-electron chi connectivity index (χ2n) is 6.74. The number of nitrogens with one attached hydrogen (secondary N) is 2. The van der Waals surface area contributed by atoms with E-state index in [4.69, 9.17) is 16.6 Å². The van der Waals surface area contributed by atoms with Crippen molar-refractivity contribution in [3.8, 4) is 17.0 Å². The van der Waals surface area contributed by atoms with E-state index in [9.17, 15) is 5.11 Å². The van der Waals surface area contributed by atoms with Gasteiger partial charge in [-0.05, 0) is 25.0 Å². The summed E-state index contributed by atoms with van der Waals surface area (Å²) in [6.07, 6.45) is 4.77. The van der Waals surface area contributed by atoms with Crippen molar-refractivity contribution in [2.75, 3.05) is 10.6 Å². The topological polar surface area (TPSA) is 70.1 Å². The summed E-state index contributed by atoms with van der Waals surface area (Å²) in [6, 6.07) is 17.2. The molecule has 0 amide bonds. The van der Waals surface area contributed by atoms with Crippen molar-refractivity contribution < 1.29 is 5.11 Å². The van der Waals surface area contributed by atoms with Crippen molar-refractivity contribution in [1.82, 2.24) is 9.97 Å². The summed E-state index contributed by atoms with van der Waals surface area (Å²) in [5.74, 6) is 1.39. The average molecular weight is 381 g/mol. The molecule has 0 unspecified atom stereocenters. The van der Waals surface area contributed by atoms with E-state index in [1.165, 1.54) is 18.9 Å². The molecule has 6 heteroatoms. The quantitative estimate of drug-likeness (QED) is 0.502. The third-order valence-corrected chi connectivity index (χ3v) is 5.01. The van der Waals surface area contributed by atoms with Crippen LogP contribution in [-0.2, 0) is 0 Å². The Labute approximate surface area is 163 Å². The number of phenols is 1. The summed E-state index contributed by atoms with van der Waals surface area (Å²) in [7, 11) is 0. The molecule has 0 atom stereocenters. The molecule has 0 saturated heterocycles. The molecular formula is C21H21ClN4O. The van der Waals surface area contributed by atoms with Crippen LogP contribution >= 0.6 is 11.6 Å². The zero-order valence-electron chi connectivity index (χ0n) is 14.8. The number of rotatable bonds is 5. The van der Waals surface area contributed by atoms with Crippen LogP contribution in [0.2, 0.25) is 5.02 Å². The highest BCUT2D eigenvalue weighted by atomic mass is 35.5. The fraction of sp³-hybridized carbons (Fsp3) is 0.238. The van der Waals surface area contributed by atoms with Crippen LogP contribution in [0.3, 0.4) is 0 Å². The number of aromatic hydroxyl groups is 1. The highest BCUT2D eigenvalue weighted by Crippen LogP contribution is 2.30. The Morgan fingerprint density at radius 3 is 2.48 bits per heavy atom. The van der Waals surface area contributed by atoms with Gasteiger partial charge in [0.15, 0.2) is 0 Å². The van der Waals surface area contributed by atoms with Crippen molar-refractivity contribution in [3.05, 3.63) is 59.6 Å². The number of aromatic nitrogens is 2. The molecule has 27 heavy (non-hydrogen) atoms. The molecule has 3 N–H and O–H groups in total. The van der Waals surface area contributed by atoms with Gasteiger partial charge in [0, 0.05) is 23.7 Å². The lowest BCUT2D eigenvalue weighted by molar-refractivity contribution is 0.475. The number of hydrogen-bond acceptors (Lipinski definition) is 5. The van der Waals surface area contributed by atoms with Crippen LogP contribution < -0.4 is 10.6 Å². The van der Waals surface area contributed by atoms with Gasteiger partial charge in [0.1, 0.15) is 11.6 Å². The maximum atomic E-state index is 9.55. The number of anilines is 3. The Kier molecular flexibility index (Phi) is 5.12. The Balaban J connectivity index is 1.68. The van der Waals surface area contributed by atoms with E-state index >= 15 is 0 Å². The average Bonchev–Trinajstić information content (AvgIpc) is 3.18. The second kappa shape index (κ2) is 7.84. The number of phenolic OH excluding ortho intramolecular Hbond substituents is 1. The second-order valence-corrected chi connectivity index (χ2v) is 7.15. The van der Waals surface area contributed by atoms with Crippen LogP contribution in [0.4, 0.5) is 17.5 Å². The zero-order valence-corrected chi connectivity index (χ0v) is 15.6. The first-order chi connectivity index (χ1) is 13.2. The molecule has 0 bridgehead atoms. The maximum absolute atomic E-state index is 9.55. The molecule has 3 aromatic rings. The van der Waals surface area contributed by atoms with Gasteiger partial charge in [0.2, 0.25) is 5.95 Å². The SMILES string of the molecule is Oc1ccc(Nc2cc(-c3ccccc3)nc(NC3CCCC3)n2)c(Cl)c1. The minimum Gasteiger partial charge on any atom is -0.508 e. The lowest BCUT2D eigenvalue weighted by Crippen LogP contribution is -2.17. The third kappa shape index (κ3) is 4.31. The molecule has 0 spiro atoms. The minimum atomic E-state index is 0.127. The zero-order chi connectivity index (χ0) is 18.6. The van der Waals surface area contributed by atoms with E-state index in [1.54, 1.807) is 12.1 Å². The number of hydrogen-bond donors (Lipinski definition) is 3. The largest absolute Gasteiger partial charge is 0.508 e. The van der Waals surface area contributed by atoms with Gasteiger partial charge in [-0.1, -0.05) is 54.8 Å². The fourth-order valence-electron chi connectivity index (χ4n) is 3.33. The summed E-state index contributed by atoms with van der Waals surface area (Å²) in [6.45, 7) is 0. The van der Waals surface area contributed by atoms with Gasteiger partial charge in [0.05, 0.1) is 16.4 Å². The molecule has 1 heterocycles. The molecule has 0 radical (unpaired) electrons. The van der Waals surface area contributed by atoms with Crippen LogP contribution in [-0.4, -0.2) is 21.1 Å². The third-order valence-electron chi connectivity index (χ3n) is 4.70. The first-order valence-electron chi connectivity index (χ1n) is 9.14. The summed E-state index contributed by atoms with van der Waals surface area (Å²) in [4.78, 5) is 9.34. The molecule has 0 aliphatic heterocycles. The van der Waals surface area contributed by atoms with E-state index in [-0.39, 0.29) is 5.75 Å². The van der Waals surface area contributed by atoms with Crippen molar-refractivity contribution >= 4 is 29.1 Å². The Hall–Kier alpha value is -2.79. The van der Waals surface area contributed by atoms with Crippen LogP contribution in [0.1, 0.15) is 25.7 Å². The molecule has 1 aliphatic rings. The fourth-order valence-corrected chi connectivity index (χ4v) is 3.55. The number of benzene rings is 2. The molecule has 5 nitrogen and oxygen atoms in total. The molecule has 1 fully saturated rings. The van der Waals surface area contributed by atoms with Crippen LogP contribution in [0.5, 0.6) is 5.75 Å². The van der Waals surface area contributed by atoms with E-state index in [1.807, 2.05) is 36.4 Å². The molecule has 1 aromatic heterocycles. The number of halogens is 1. The summed E-state index contributed by atoms with van der Waals surface area (Å²) >= 11 is 6.23. The Bertz CT molecular complexity index is 927. The van der Waals surface area contributed by atoms with E-state index in [2.05, 4.69) is 15.6 Å². The van der Waals surface area contributed by atoms with Crippen molar-refractivity contribution in [1.29, 1.82) is 0 Å². The first-order valence-corrected chi connectivity index (χ1v) is 9.52. The normalized spacial score (nSPS) is 14.3. The molecule has 2 aromatic carbocycles. The van der Waals surface area contributed by atoms with Crippen LogP contribution in [0.25, 0.3) is 11.3 Å². The van der Waals surface area contributed by atoms with Crippen LogP contribution in [0, 0.1) is 0 Å². The predicted molar refractivity (Wildman–Crippen MR) is 110 cm³/mol. The van der Waals surface area contributed by atoms with Gasteiger partial charge in [-0.3, -0.25) is 0 Å². The maximum Gasteiger partial charge on any atom is 0.225 e. The molecule has 1 saturated carbocycles. The summed E-state index contributed by atoms with van der Waals surface area (Å²) in [5, 5.41) is 16.7. The Morgan fingerprint density at radius 1 is 0.963 bits per heavy atom. The molecule has 138 valence electrons. The monoisotopic (exact) mass is 380 g/mol. The van der Waals surface area contributed by atoms with Gasteiger partial charge in [-0.25, -0.2) is 4.98 Å². The van der Waals surface area contributed by atoms with E-state index in [0.717, 1.165) is 24.1 Å². The van der Waals surface area contributed by atoms with Gasteiger partial charge in [-0.2, -0.15) is 4.98 Å². The number of nitrogens with zero attached hydrogens (tertiary/aromatic N) is 2. The van der Waals surface area contributed by atoms with Crippen molar-refractivity contribution in [2.24, 2.45) is 0 Å². The smallest absolute Gasteiger partial charge is 0.225 e. The van der Waals surface area contributed by atoms with Crippen LogP contribution in [0.15, 0.2) is 54.6 Å². The lowest BCUT2D eigenvalue weighted by atomic mass is 10.1. The molecule has 4 rings (SSSR count). The van der Waals surface area contributed by atoms with Gasteiger partial charge in [0.25, 0.3) is 0 Å². The lowest BCUT2D eigenvalue weighted by Gasteiger charge is -2.15.